The number of rotatable bonds is 6. The topological polar surface area (TPSA) is 98.1 Å². The third-order valence-electron chi connectivity index (χ3n) is 2.37. The summed E-state index contributed by atoms with van der Waals surface area (Å²) in [6, 6.07) is 0.152. The van der Waals surface area contributed by atoms with Gasteiger partial charge in [0.2, 0.25) is 5.72 Å². The zero-order valence-electron chi connectivity index (χ0n) is 8.81. The maximum atomic E-state index is 11.6. The number of amides is 1. The fraction of sp³-hybridized carbons (Fsp3) is 0.889. The van der Waals surface area contributed by atoms with Crippen LogP contribution in [0.2, 0.25) is 0 Å². The number of azide groups is 1. The monoisotopic (exact) mass is 212 g/mol. The molecule has 0 radical (unpaired) electrons. The number of hydrogen-bond donors (Lipinski definition) is 2. The second-order valence-electron chi connectivity index (χ2n) is 3.86. The van der Waals surface area contributed by atoms with E-state index < -0.39 is 11.6 Å². The highest BCUT2D eigenvalue weighted by atomic mass is 16.3. The van der Waals surface area contributed by atoms with Gasteiger partial charge in [0.05, 0.1) is 0 Å². The first kappa shape index (κ1) is 11.8. The fourth-order valence-electron chi connectivity index (χ4n) is 1.23. The van der Waals surface area contributed by atoms with Crippen molar-refractivity contribution in [2.45, 2.75) is 50.8 Å². The van der Waals surface area contributed by atoms with Crippen molar-refractivity contribution in [2.24, 2.45) is 5.11 Å². The number of nitrogens with one attached hydrogen (secondary N) is 1. The molecule has 0 spiro atoms. The van der Waals surface area contributed by atoms with Crippen LogP contribution in [0.15, 0.2) is 5.11 Å². The summed E-state index contributed by atoms with van der Waals surface area (Å²) in [6.07, 6.45) is 3.53. The van der Waals surface area contributed by atoms with Crippen molar-refractivity contribution in [1.82, 2.24) is 5.32 Å². The molecule has 15 heavy (non-hydrogen) atoms. The molecule has 1 rings (SSSR count). The van der Waals surface area contributed by atoms with Crippen LogP contribution in [0.25, 0.3) is 10.4 Å². The van der Waals surface area contributed by atoms with E-state index in [1.807, 2.05) is 6.92 Å². The van der Waals surface area contributed by atoms with Gasteiger partial charge in [0.25, 0.3) is 5.91 Å². The van der Waals surface area contributed by atoms with E-state index in [9.17, 15) is 9.90 Å². The number of hydrogen-bond acceptors (Lipinski definition) is 3. The van der Waals surface area contributed by atoms with Crippen molar-refractivity contribution < 1.29 is 9.90 Å². The van der Waals surface area contributed by atoms with Crippen LogP contribution in [-0.4, -0.2) is 22.8 Å². The average Bonchev–Trinajstić information content (AvgIpc) is 2.99. The van der Waals surface area contributed by atoms with Crippen LogP contribution in [0.4, 0.5) is 0 Å². The highest BCUT2D eigenvalue weighted by molar-refractivity contribution is 5.85. The molecule has 6 nitrogen and oxygen atoms in total. The number of carbonyl (C=O) groups is 1. The van der Waals surface area contributed by atoms with Gasteiger partial charge in [-0.1, -0.05) is 19.8 Å². The van der Waals surface area contributed by atoms with Gasteiger partial charge in [-0.2, -0.15) is 0 Å². The van der Waals surface area contributed by atoms with Crippen molar-refractivity contribution in [1.29, 1.82) is 0 Å². The molecule has 1 amide bonds. The Labute approximate surface area is 88.3 Å². The van der Waals surface area contributed by atoms with Crippen LogP contribution >= 0.6 is 0 Å². The average molecular weight is 212 g/mol. The normalized spacial score (nSPS) is 18.8. The molecular formula is C9H16N4O2. The van der Waals surface area contributed by atoms with Crippen LogP contribution in [-0.2, 0) is 4.79 Å². The van der Waals surface area contributed by atoms with Gasteiger partial charge in [-0.25, -0.2) is 0 Å². The highest BCUT2D eigenvalue weighted by Gasteiger charge is 2.37. The largest absolute Gasteiger partial charge is 0.375 e. The third kappa shape index (κ3) is 3.42. The minimum absolute atomic E-state index is 0.152. The first-order valence-corrected chi connectivity index (χ1v) is 5.22. The molecule has 1 aliphatic carbocycles. The lowest BCUT2D eigenvalue weighted by molar-refractivity contribution is -0.140. The van der Waals surface area contributed by atoms with E-state index in [1.165, 1.54) is 0 Å². The zero-order valence-corrected chi connectivity index (χ0v) is 8.81. The molecule has 0 saturated heterocycles. The minimum atomic E-state index is -1.91. The predicted molar refractivity (Wildman–Crippen MR) is 54.8 cm³/mol. The molecule has 0 aliphatic heterocycles. The Balaban J connectivity index is 2.59. The molecule has 1 saturated carbocycles. The van der Waals surface area contributed by atoms with Crippen molar-refractivity contribution in [3.63, 3.8) is 0 Å². The zero-order chi connectivity index (χ0) is 11.3. The molecule has 0 bridgehead atoms. The second kappa shape index (κ2) is 5.00. The van der Waals surface area contributed by atoms with Crippen LogP contribution < -0.4 is 5.32 Å². The summed E-state index contributed by atoms with van der Waals surface area (Å²) >= 11 is 0. The number of nitrogens with zero attached hydrogens (tertiary/aromatic N) is 3. The van der Waals surface area contributed by atoms with E-state index in [4.69, 9.17) is 5.53 Å². The fourth-order valence-corrected chi connectivity index (χ4v) is 1.23. The molecule has 84 valence electrons. The number of carbonyl (C=O) groups excluding carboxylic acids is 1. The molecule has 0 aromatic rings. The maximum absolute atomic E-state index is 11.6. The summed E-state index contributed by atoms with van der Waals surface area (Å²) in [5, 5.41) is 15.7. The highest BCUT2D eigenvalue weighted by Crippen LogP contribution is 2.22. The lowest BCUT2D eigenvalue weighted by Crippen LogP contribution is -2.45. The van der Waals surface area contributed by atoms with Gasteiger partial charge in [-0.05, 0) is 29.9 Å². The van der Waals surface area contributed by atoms with E-state index >= 15 is 0 Å². The molecule has 6 heteroatoms. The Morgan fingerprint density at radius 1 is 1.73 bits per heavy atom. The summed E-state index contributed by atoms with van der Waals surface area (Å²) in [4.78, 5) is 14.1. The Kier molecular flexibility index (Phi) is 3.94. The van der Waals surface area contributed by atoms with Gasteiger partial charge >= 0.3 is 0 Å². The molecule has 1 aliphatic rings. The smallest absolute Gasteiger partial charge is 0.258 e. The van der Waals surface area contributed by atoms with Gasteiger partial charge in [-0.3, -0.25) is 4.79 Å². The summed E-state index contributed by atoms with van der Waals surface area (Å²) < 4.78 is 0. The quantitative estimate of drug-likeness (QED) is 0.395. The van der Waals surface area contributed by atoms with E-state index in [1.54, 1.807) is 0 Å². The first-order chi connectivity index (χ1) is 7.12. The SMILES string of the molecule is CCCC[C@@](O)(N=[N+]=[N-])C(=O)NC1CC1. The van der Waals surface area contributed by atoms with E-state index in [0.717, 1.165) is 19.3 Å². The lowest BCUT2D eigenvalue weighted by Gasteiger charge is -2.21. The lowest BCUT2D eigenvalue weighted by atomic mass is 10.1. The van der Waals surface area contributed by atoms with Crippen LogP contribution in [0.1, 0.15) is 39.0 Å². The van der Waals surface area contributed by atoms with Gasteiger partial charge in [0.15, 0.2) is 0 Å². The minimum Gasteiger partial charge on any atom is -0.375 e. The molecule has 0 aromatic carbocycles. The summed E-state index contributed by atoms with van der Waals surface area (Å²) in [7, 11) is 0. The number of unbranched alkanes of at least 4 members (excludes halogenated alkanes) is 1. The van der Waals surface area contributed by atoms with E-state index in [-0.39, 0.29) is 12.5 Å². The Bertz CT molecular complexity index is 284. The molecular weight excluding hydrogens is 196 g/mol. The summed E-state index contributed by atoms with van der Waals surface area (Å²) in [5.74, 6) is -0.573. The second-order valence-corrected chi connectivity index (χ2v) is 3.86. The molecule has 2 N–H and O–H groups in total. The van der Waals surface area contributed by atoms with Crippen LogP contribution in [0.5, 0.6) is 0 Å². The maximum Gasteiger partial charge on any atom is 0.258 e. The van der Waals surface area contributed by atoms with Gasteiger partial charge in [0, 0.05) is 11.0 Å². The number of aliphatic hydroxyl groups is 1. The van der Waals surface area contributed by atoms with Gasteiger partial charge < -0.3 is 10.4 Å². The van der Waals surface area contributed by atoms with Crippen LogP contribution in [0, 0.1) is 0 Å². The van der Waals surface area contributed by atoms with Crippen molar-refractivity contribution in [3.8, 4) is 0 Å². The van der Waals surface area contributed by atoms with Gasteiger partial charge in [-0.15, -0.1) is 0 Å². The van der Waals surface area contributed by atoms with Crippen molar-refractivity contribution in [3.05, 3.63) is 10.4 Å². The van der Waals surface area contributed by atoms with E-state index in [2.05, 4.69) is 15.3 Å². The molecule has 1 atom stereocenters. The molecule has 0 aromatic heterocycles. The van der Waals surface area contributed by atoms with Gasteiger partial charge in [0.1, 0.15) is 0 Å². The Morgan fingerprint density at radius 2 is 2.40 bits per heavy atom. The van der Waals surface area contributed by atoms with Crippen molar-refractivity contribution >= 4 is 5.91 Å². The molecule has 0 heterocycles. The predicted octanol–water partition coefficient (Wildman–Crippen LogP) is 1.45. The Hall–Kier alpha value is -1.26. The first-order valence-electron chi connectivity index (χ1n) is 5.22. The standard InChI is InChI=1S/C9H16N4O2/c1-2-3-6-9(15,12-13-10)8(14)11-7-4-5-7/h7,15H,2-6H2,1H3,(H,11,14)/t9-/m0/s1. The van der Waals surface area contributed by atoms with E-state index in [0.29, 0.717) is 6.42 Å². The molecule has 0 unspecified atom stereocenters. The summed E-state index contributed by atoms with van der Waals surface area (Å²) in [5.41, 5.74) is 6.41. The summed E-state index contributed by atoms with van der Waals surface area (Å²) in [6.45, 7) is 1.94. The van der Waals surface area contributed by atoms with Crippen LogP contribution in [0.3, 0.4) is 0 Å². The Morgan fingerprint density at radius 3 is 2.87 bits per heavy atom. The molecule has 1 fully saturated rings. The van der Waals surface area contributed by atoms with Crippen molar-refractivity contribution in [2.75, 3.05) is 0 Å². The third-order valence-corrected chi connectivity index (χ3v) is 2.37.